The van der Waals surface area contributed by atoms with Crippen LogP contribution in [0.4, 0.5) is 11.8 Å². The smallest absolute Gasteiger partial charge is 0.274 e. The van der Waals surface area contributed by atoms with Crippen molar-refractivity contribution in [2.45, 2.75) is 12.8 Å². The summed E-state index contributed by atoms with van der Waals surface area (Å²) in [4.78, 5) is 9.98. The average Bonchev–Trinajstić information content (AvgIpc) is 2.35. The van der Waals surface area contributed by atoms with Crippen LogP contribution in [0.2, 0.25) is 5.15 Å². The lowest BCUT2D eigenvalue weighted by molar-refractivity contribution is 0.409. The SMILES string of the molecule is Nc1nc(Cl)cc(N2CCCC(CNS(N)(=O)=O)C2)n1. The second-order valence-electron chi connectivity index (χ2n) is 4.75. The molecule has 2 rings (SSSR count). The van der Waals surface area contributed by atoms with E-state index in [1.165, 1.54) is 0 Å². The van der Waals surface area contributed by atoms with Gasteiger partial charge in [-0.25, -0.2) is 14.8 Å². The van der Waals surface area contributed by atoms with Crippen LogP contribution in [0.5, 0.6) is 0 Å². The summed E-state index contributed by atoms with van der Waals surface area (Å²) in [5.74, 6) is 0.942. The molecule has 112 valence electrons. The van der Waals surface area contributed by atoms with Crippen LogP contribution in [0.1, 0.15) is 12.8 Å². The molecule has 0 aromatic carbocycles. The molecule has 1 unspecified atom stereocenters. The molecule has 0 spiro atoms. The van der Waals surface area contributed by atoms with E-state index in [4.69, 9.17) is 22.5 Å². The first-order valence-electron chi connectivity index (χ1n) is 6.16. The zero-order chi connectivity index (χ0) is 14.8. The minimum atomic E-state index is -3.65. The molecule has 0 saturated carbocycles. The van der Waals surface area contributed by atoms with Crippen LogP contribution in [0, 0.1) is 5.92 Å². The first kappa shape index (κ1) is 15.2. The highest BCUT2D eigenvalue weighted by Gasteiger charge is 2.22. The van der Waals surface area contributed by atoms with Crippen molar-refractivity contribution < 1.29 is 8.42 Å². The number of nitrogens with zero attached hydrogens (tertiary/aromatic N) is 3. The Kier molecular flexibility index (Phi) is 4.63. The summed E-state index contributed by atoms with van der Waals surface area (Å²) in [6.45, 7) is 1.79. The van der Waals surface area contributed by atoms with E-state index in [2.05, 4.69) is 14.7 Å². The number of piperidine rings is 1. The molecule has 1 aliphatic rings. The first-order chi connectivity index (χ1) is 9.33. The van der Waals surface area contributed by atoms with Gasteiger partial charge < -0.3 is 10.6 Å². The highest BCUT2D eigenvalue weighted by Crippen LogP contribution is 2.23. The number of rotatable bonds is 4. The Morgan fingerprint density at radius 3 is 2.90 bits per heavy atom. The molecule has 1 atom stereocenters. The van der Waals surface area contributed by atoms with Crippen molar-refractivity contribution in [3.05, 3.63) is 11.2 Å². The van der Waals surface area contributed by atoms with Crippen LogP contribution >= 0.6 is 11.6 Å². The van der Waals surface area contributed by atoms with Crippen molar-refractivity contribution in [2.75, 3.05) is 30.3 Å². The highest BCUT2D eigenvalue weighted by molar-refractivity contribution is 7.87. The number of hydrogen-bond donors (Lipinski definition) is 3. The van der Waals surface area contributed by atoms with Crippen molar-refractivity contribution in [2.24, 2.45) is 11.1 Å². The fourth-order valence-electron chi connectivity index (χ4n) is 2.26. The summed E-state index contributed by atoms with van der Waals surface area (Å²) in [5.41, 5.74) is 5.57. The number of nitrogens with two attached hydrogens (primary N) is 2. The van der Waals surface area contributed by atoms with Gasteiger partial charge in [0.25, 0.3) is 10.2 Å². The van der Waals surface area contributed by atoms with E-state index in [1.54, 1.807) is 6.07 Å². The number of anilines is 2. The number of nitrogen functional groups attached to an aromatic ring is 1. The molecule has 0 bridgehead atoms. The van der Waals surface area contributed by atoms with E-state index in [-0.39, 0.29) is 17.0 Å². The fraction of sp³-hybridized carbons (Fsp3) is 0.600. The summed E-state index contributed by atoms with van der Waals surface area (Å²) in [7, 11) is -3.65. The van der Waals surface area contributed by atoms with Gasteiger partial charge in [0.2, 0.25) is 5.95 Å². The van der Waals surface area contributed by atoms with Crippen molar-refractivity contribution in [1.29, 1.82) is 0 Å². The molecule has 10 heteroatoms. The van der Waals surface area contributed by atoms with Gasteiger partial charge in [-0.3, -0.25) is 0 Å². The zero-order valence-electron chi connectivity index (χ0n) is 10.8. The van der Waals surface area contributed by atoms with Gasteiger partial charge in [0.1, 0.15) is 11.0 Å². The molecular weight excluding hydrogens is 304 g/mol. The summed E-state index contributed by atoms with van der Waals surface area (Å²) in [6.07, 6.45) is 1.85. The Morgan fingerprint density at radius 2 is 2.25 bits per heavy atom. The third kappa shape index (κ3) is 4.44. The molecule has 1 aromatic heterocycles. The van der Waals surface area contributed by atoms with Gasteiger partial charge in [-0.1, -0.05) is 11.6 Å². The number of aromatic nitrogens is 2. The van der Waals surface area contributed by atoms with Crippen LogP contribution in [0.15, 0.2) is 6.07 Å². The predicted octanol–water partition coefficient (Wildman–Crippen LogP) is -0.278. The Labute approximate surface area is 122 Å². The fourth-order valence-corrected chi connectivity index (χ4v) is 2.91. The van der Waals surface area contributed by atoms with Crippen LogP contribution in [0.25, 0.3) is 0 Å². The van der Waals surface area contributed by atoms with E-state index < -0.39 is 10.2 Å². The van der Waals surface area contributed by atoms with Crippen LogP contribution in [-0.2, 0) is 10.2 Å². The Bertz CT molecular complexity index is 561. The monoisotopic (exact) mass is 320 g/mol. The maximum absolute atomic E-state index is 10.9. The molecule has 5 N–H and O–H groups in total. The summed E-state index contributed by atoms with van der Waals surface area (Å²) < 4.78 is 24.2. The van der Waals surface area contributed by atoms with E-state index in [1.807, 2.05) is 4.90 Å². The third-order valence-electron chi connectivity index (χ3n) is 3.11. The summed E-state index contributed by atoms with van der Waals surface area (Å²) >= 11 is 5.86. The summed E-state index contributed by atoms with van der Waals surface area (Å²) in [5, 5.41) is 5.22. The largest absolute Gasteiger partial charge is 0.368 e. The van der Waals surface area contributed by atoms with Crippen molar-refractivity contribution in [1.82, 2.24) is 14.7 Å². The van der Waals surface area contributed by atoms with Gasteiger partial charge in [-0.2, -0.15) is 13.4 Å². The van der Waals surface area contributed by atoms with Crippen molar-refractivity contribution in [3.63, 3.8) is 0 Å². The van der Waals surface area contributed by atoms with Gasteiger partial charge in [-0.05, 0) is 18.8 Å². The molecular formula is C10H17ClN6O2S. The highest BCUT2D eigenvalue weighted by atomic mass is 35.5. The van der Waals surface area contributed by atoms with Crippen LogP contribution < -0.4 is 20.5 Å². The third-order valence-corrected chi connectivity index (χ3v) is 3.88. The minimum Gasteiger partial charge on any atom is -0.368 e. The van der Waals surface area contributed by atoms with Crippen LogP contribution in [0.3, 0.4) is 0 Å². The van der Waals surface area contributed by atoms with Gasteiger partial charge in [-0.15, -0.1) is 0 Å². The molecule has 0 aliphatic carbocycles. The molecule has 0 amide bonds. The maximum Gasteiger partial charge on any atom is 0.274 e. The molecule has 1 aromatic rings. The molecule has 20 heavy (non-hydrogen) atoms. The molecule has 2 heterocycles. The summed E-state index contributed by atoms with van der Waals surface area (Å²) in [6, 6.07) is 1.65. The standard InChI is InChI=1S/C10H17ClN6O2S/c11-8-4-9(16-10(12)15-8)17-3-1-2-7(6-17)5-14-20(13,18)19/h4,7,14H,1-3,5-6H2,(H2,12,15,16)(H2,13,18,19). The van der Waals surface area contributed by atoms with Gasteiger partial charge in [0, 0.05) is 25.7 Å². The Hall–Kier alpha value is -1.16. The lowest BCUT2D eigenvalue weighted by atomic mass is 9.98. The molecule has 1 aliphatic heterocycles. The van der Waals surface area contributed by atoms with E-state index in [0.29, 0.717) is 18.9 Å². The quantitative estimate of drug-likeness (QED) is 0.655. The zero-order valence-corrected chi connectivity index (χ0v) is 12.4. The molecule has 8 nitrogen and oxygen atoms in total. The first-order valence-corrected chi connectivity index (χ1v) is 8.08. The minimum absolute atomic E-state index is 0.122. The lowest BCUT2D eigenvalue weighted by Crippen LogP contribution is -2.42. The van der Waals surface area contributed by atoms with Gasteiger partial charge in [0.05, 0.1) is 0 Å². The number of nitrogens with one attached hydrogen (secondary N) is 1. The van der Waals surface area contributed by atoms with Crippen LogP contribution in [-0.4, -0.2) is 38.0 Å². The molecule has 1 saturated heterocycles. The normalized spacial score (nSPS) is 20.1. The average molecular weight is 321 g/mol. The second-order valence-corrected chi connectivity index (χ2v) is 6.52. The maximum atomic E-state index is 10.9. The van der Waals surface area contributed by atoms with Gasteiger partial charge in [0.15, 0.2) is 0 Å². The van der Waals surface area contributed by atoms with Gasteiger partial charge >= 0.3 is 0 Å². The molecule has 0 radical (unpaired) electrons. The van der Waals surface area contributed by atoms with E-state index in [9.17, 15) is 8.42 Å². The van der Waals surface area contributed by atoms with Crippen molar-refractivity contribution in [3.8, 4) is 0 Å². The second kappa shape index (κ2) is 6.08. The van der Waals surface area contributed by atoms with Crippen molar-refractivity contribution >= 4 is 33.6 Å². The van der Waals surface area contributed by atoms with E-state index >= 15 is 0 Å². The number of halogens is 1. The lowest BCUT2D eigenvalue weighted by Gasteiger charge is -2.33. The topological polar surface area (TPSA) is 127 Å². The molecule has 1 fully saturated rings. The Balaban J connectivity index is 2.03. The van der Waals surface area contributed by atoms with E-state index in [0.717, 1.165) is 19.4 Å². The predicted molar refractivity (Wildman–Crippen MR) is 77.5 cm³/mol. The Morgan fingerprint density at radius 1 is 1.50 bits per heavy atom. The number of hydrogen-bond acceptors (Lipinski definition) is 6.